The zero-order chi connectivity index (χ0) is 19.4. The lowest BCUT2D eigenvalue weighted by Gasteiger charge is -2.17. The third kappa shape index (κ3) is 4.18. The van der Waals surface area contributed by atoms with Crippen molar-refractivity contribution >= 4 is 16.8 Å². The number of hydrogen-bond acceptors (Lipinski definition) is 3. The average molecular weight is 360 g/mol. The smallest absolute Gasteiger partial charge is 0.256 e. The average Bonchev–Trinajstić information content (AvgIpc) is 3.04. The number of carbonyl (C=O) groups excluding carboxylic acids is 1. The van der Waals surface area contributed by atoms with Gasteiger partial charge in [-0.2, -0.15) is 5.26 Å². The van der Waals surface area contributed by atoms with Crippen molar-refractivity contribution in [1.82, 2.24) is 14.4 Å². The van der Waals surface area contributed by atoms with Gasteiger partial charge in [0.25, 0.3) is 5.91 Å². The molecule has 0 bridgehead atoms. The van der Waals surface area contributed by atoms with Crippen molar-refractivity contribution in [2.75, 3.05) is 27.7 Å². The van der Waals surface area contributed by atoms with Crippen LogP contribution in [0, 0.1) is 11.3 Å². The maximum atomic E-state index is 13.1. The van der Waals surface area contributed by atoms with Crippen molar-refractivity contribution in [3.05, 3.63) is 71.4 Å². The number of likely N-dealkylation sites (N-methyl/N-ethyl adjacent to an activating group) is 1. The monoisotopic (exact) mass is 360 g/mol. The molecule has 5 heteroatoms. The molecule has 0 saturated carbocycles. The van der Waals surface area contributed by atoms with Crippen LogP contribution < -0.4 is 0 Å². The Kier molecular flexibility index (Phi) is 5.58. The van der Waals surface area contributed by atoms with Crippen molar-refractivity contribution in [3.8, 4) is 6.07 Å². The molecule has 0 N–H and O–H groups in total. The summed E-state index contributed by atoms with van der Waals surface area (Å²) in [5, 5.41) is 10.0. The van der Waals surface area contributed by atoms with Crippen molar-refractivity contribution in [2.24, 2.45) is 0 Å². The Morgan fingerprint density at radius 2 is 1.89 bits per heavy atom. The fraction of sp³-hybridized carbons (Fsp3) is 0.273. The molecule has 2 aromatic carbocycles. The molecule has 1 heterocycles. The summed E-state index contributed by atoms with van der Waals surface area (Å²) in [5.41, 5.74) is 3.33. The van der Waals surface area contributed by atoms with Crippen LogP contribution in [0.15, 0.2) is 54.7 Å². The molecule has 0 aliphatic rings. The number of nitriles is 1. The minimum absolute atomic E-state index is 0.0165. The molecule has 3 rings (SSSR count). The minimum atomic E-state index is -0.0165. The quantitative estimate of drug-likeness (QED) is 0.677. The van der Waals surface area contributed by atoms with Crippen LogP contribution in [-0.4, -0.2) is 48.0 Å². The third-order valence-corrected chi connectivity index (χ3v) is 4.63. The van der Waals surface area contributed by atoms with E-state index in [-0.39, 0.29) is 5.91 Å². The second-order valence-corrected chi connectivity index (χ2v) is 7.03. The number of aromatic nitrogens is 1. The second-order valence-electron chi connectivity index (χ2n) is 7.03. The van der Waals surface area contributed by atoms with E-state index in [1.807, 2.05) is 56.7 Å². The third-order valence-electron chi connectivity index (χ3n) is 4.63. The molecule has 27 heavy (non-hydrogen) atoms. The van der Waals surface area contributed by atoms with E-state index >= 15 is 0 Å². The second kappa shape index (κ2) is 8.07. The van der Waals surface area contributed by atoms with Crippen LogP contribution in [0.3, 0.4) is 0 Å². The maximum Gasteiger partial charge on any atom is 0.256 e. The Bertz CT molecular complexity index is 997. The molecule has 0 fully saturated rings. The van der Waals surface area contributed by atoms with Crippen LogP contribution in [0.5, 0.6) is 0 Å². The molecular formula is C22H24N4O. The molecule has 0 aliphatic carbocycles. The fourth-order valence-electron chi connectivity index (χ4n) is 3.20. The van der Waals surface area contributed by atoms with Crippen molar-refractivity contribution in [3.63, 3.8) is 0 Å². The summed E-state index contributed by atoms with van der Waals surface area (Å²) in [6, 6.07) is 17.5. The molecule has 3 aromatic rings. The first kappa shape index (κ1) is 18.7. The Morgan fingerprint density at radius 3 is 2.63 bits per heavy atom. The predicted octanol–water partition coefficient (Wildman–Crippen LogP) is 3.35. The van der Waals surface area contributed by atoms with Gasteiger partial charge in [0.2, 0.25) is 0 Å². The molecule has 0 saturated heterocycles. The van der Waals surface area contributed by atoms with Gasteiger partial charge in [-0.25, -0.2) is 0 Å². The van der Waals surface area contributed by atoms with Gasteiger partial charge >= 0.3 is 0 Å². The number of benzene rings is 2. The van der Waals surface area contributed by atoms with E-state index in [0.29, 0.717) is 17.7 Å². The highest BCUT2D eigenvalue weighted by atomic mass is 16.2. The molecule has 138 valence electrons. The van der Waals surface area contributed by atoms with Gasteiger partial charge in [0, 0.05) is 43.8 Å². The molecule has 0 radical (unpaired) electrons. The van der Waals surface area contributed by atoms with Crippen LogP contribution in [0.4, 0.5) is 0 Å². The first-order valence-electron chi connectivity index (χ1n) is 8.96. The summed E-state index contributed by atoms with van der Waals surface area (Å²) in [6.45, 7) is 2.20. The SMILES string of the molecule is CN(C)CCn1cc(C(=O)N(C)Cc2cccc(C#N)c2)c2ccccc21. The van der Waals surface area contributed by atoms with Gasteiger partial charge in [0.15, 0.2) is 0 Å². The summed E-state index contributed by atoms with van der Waals surface area (Å²) < 4.78 is 2.15. The van der Waals surface area contributed by atoms with Crippen LogP contribution in [-0.2, 0) is 13.1 Å². The van der Waals surface area contributed by atoms with E-state index in [0.717, 1.165) is 29.6 Å². The summed E-state index contributed by atoms with van der Waals surface area (Å²) in [7, 11) is 5.88. The Labute approximate surface area is 160 Å². The molecule has 0 atom stereocenters. The number of para-hydroxylation sites is 1. The highest BCUT2D eigenvalue weighted by Crippen LogP contribution is 2.23. The Hall–Kier alpha value is -3.10. The molecule has 0 unspecified atom stereocenters. The number of rotatable bonds is 6. The highest BCUT2D eigenvalue weighted by Gasteiger charge is 2.18. The summed E-state index contributed by atoms with van der Waals surface area (Å²) in [4.78, 5) is 16.9. The molecule has 0 spiro atoms. The summed E-state index contributed by atoms with van der Waals surface area (Å²) in [6.07, 6.45) is 1.96. The van der Waals surface area contributed by atoms with Crippen LogP contribution in [0.1, 0.15) is 21.5 Å². The predicted molar refractivity (Wildman–Crippen MR) is 107 cm³/mol. The van der Waals surface area contributed by atoms with Gasteiger partial charge in [0.05, 0.1) is 17.2 Å². The largest absolute Gasteiger partial charge is 0.345 e. The van der Waals surface area contributed by atoms with Gasteiger partial charge in [0.1, 0.15) is 0 Å². The van der Waals surface area contributed by atoms with E-state index in [2.05, 4.69) is 21.6 Å². The number of amides is 1. The summed E-state index contributed by atoms with van der Waals surface area (Å²) in [5.74, 6) is -0.0165. The van der Waals surface area contributed by atoms with E-state index in [1.54, 1.807) is 18.0 Å². The van der Waals surface area contributed by atoms with Gasteiger partial charge in [-0.15, -0.1) is 0 Å². The molecule has 5 nitrogen and oxygen atoms in total. The highest BCUT2D eigenvalue weighted by molar-refractivity contribution is 6.06. The van der Waals surface area contributed by atoms with Gasteiger partial charge in [-0.05, 0) is 37.9 Å². The molecule has 1 aromatic heterocycles. The van der Waals surface area contributed by atoms with E-state index < -0.39 is 0 Å². The van der Waals surface area contributed by atoms with E-state index in [1.165, 1.54) is 0 Å². The van der Waals surface area contributed by atoms with Crippen molar-refractivity contribution in [2.45, 2.75) is 13.1 Å². The van der Waals surface area contributed by atoms with Gasteiger partial charge in [-0.1, -0.05) is 30.3 Å². The number of fused-ring (bicyclic) bond motifs is 1. The molecular weight excluding hydrogens is 336 g/mol. The lowest BCUT2D eigenvalue weighted by molar-refractivity contribution is 0.0787. The number of nitrogens with zero attached hydrogens (tertiary/aromatic N) is 4. The van der Waals surface area contributed by atoms with Crippen LogP contribution in [0.2, 0.25) is 0 Å². The zero-order valence-electron chi connectivity index (χ0n) is 16.0. The standard InChI is InChI=1S/C22H24N4O/c1-24(2)11-12-26-16-20(19-9-4-5-10-21(19)26)22(27)25(3)15-18-8-6-7-17(13-18)14-23/h4-10,13,16H,11-12,15H2,1-3H3. The van der Waals surface area contributed by atoms with Crippen LogP contribution >= 0.6 is 0 Å². The number of carbonyl (C=O) groups is 1. The molecule has 1 amide bonds. The number of hydrogen-bond donors (Lipinski definition) is 0. The lowest BCUT2D eigenvalue weighted by atomic mass is 10.1. The summed E-state index contributed by atoms with van der Waals surface area (Å²) >= 11 is 0. The van der Waals surface area contributed by atoms with Crippen molar-refractivity contribution < 1.29 is 4.79 Å². The topological polar surface area (TPSA) is 52.3 Å². The van der Waals surface area contributed by atoms with E-state index in [4.69, 9.17) is 5.26 Å². The first-order valence-corrected chi connectivity index (χ1v) is 8.96. The normalized spacial score (nSPS) is 10.9. The zero-order valence-corrected chi connectivity index (χ0v) is 16.0. The molecule has 0 aliphatic heterocycles. The van der Waals surface area contributed by atoms with E-state index in [9.17, 15) is 4.79 Å². The first-order chi connectivity index (χ1) is 13.0. The van der Waals surface area contributed by atoms with Gasteiger partial charge < -0.3 is 14.4 Å². The minimum Gasteiger partial charge on any atom is -0.345 e. The van der Waals surface area contributed by atoms with Crippen LogP contribution in [0.25, 0.3) is 10.9 Å². The maximum absolute atomic E-state index is 13.1. The lowest BCUT2D eigenvalue weighted by Crippen LogP contribution is -2.26. The van der Waals surface area contributed by atoms with Gasteiger partial charge in [-0.3, -0.25) is 4.79 Å². The fourth-order valence-corrected chi connectivity index (χ4v) is 3.20. The Morgan fingerprint density at radius 1 is 1.11 bits per heavy atom. The van der Waals surface area contributed by atoms with Crippen molar-refractivity contribution in [1.29, 1.82) is 5.26 Å². The Balaban J connectivity index is 1.87.